The highest BCUT2D eigenvalue weighted by atomic mass is 16.5. The second-order valence-electron chi connectivity index (χ2n) is 14.6. The zero-order valence-electron chi connectivity index (χ0n) is 34.4. The lowest BCUT2D eigenvalue weighted by Crippen LogP contribution is -1.86. The monoisotopic (exact) mass is 701 g/mol. The van der Waals surface area contributed by atoms with E-state index in [1.54, 1.807) is 48.1 Å². The summed E-state index contributed by atoms with van der Waals surface area (Å²) < 4.78 is 4.95. The summed E-state index contributed by atoms with van der Waals surface area (Å²) >= 11 is 0. The first kappa shape index (κ1) is 47.7. The van der Waals surface area contributed by atoms with E-state index in [9.17, 15) is 4.79 Å². The molecule has 0 aliphatic carbocycles. The molecule has 1 aromatic rings. The standard InChI is InChI=1S/C38H66.C10H10O3/c1-9-10-11-12-13-14-15-23-34(4)27-19-31-38(8)32-21-29-36(6)25-17-16-24-35(5)28-20-30-37(7)26-18-22-33(2)3;1-13-9-5-2-8(3-6-9)4-7-10(11)12/h22,24-25,27,30,32H,9-21,23,26,28-29,31H2,1-8H3;2-7H,1H3,(H,11,12). The van der Waals surface area contributed by atoms with E-state index in [1.165, 1.54) is 138 Å². The number of ether oxygens (including phenoxy) is 1. The van der Waals surface area contributed by atoms with Crippen molar-refractivity contribution >= 4 is 12.0 Å². The van der Waals surface area contributed by atoms with Crippen molar-refractivity contribution in [3.05, 3.63) is 106 Å². The molecule has 286 valence electrons. The molecular weight excluding hydrogens is 625 g/mol. The Hall–Kier alpha value is -3.33. The Bertz CT molecular complexity index is 1260. The van der Waals surface area contributed by atoms with E-state index in [0.29, 0.717) is 0 Å². The Labute approximate surface area is 315 Å². The number of carbonyl (C=O) groups is 1. The molecular formula is C48H76O3. The summed E-state index contributed by atoms with van der Waals surface area (Å²) in [4.78, 5) is 10.2. The molecule has 0 heterocycles. The molecule has 0 spiro atoms. The van der Waals surface area contributed by atoms with E-state index >= 15 is 0 Å². The van der Waals surface area contributed by atoms with Gasteiger partial charge >= 0.3 is 5.97 Å². The summed E-state index contributed by atoms with van der Waals surface area (Å²) in [5.41, 5.74) is 10.0. The van der Waals surface area contributed by atoms with Crippen molar-refractivity contribution in [2.75, 3.05) is 7.11 Å². The average Bonchev–Trinajstić information content (AvgIpc) is 3.09. The number of aliphatic carboxylic acids is 1. The number of allylic oxidation sites excluding steroid dienone is 12. The lowest BCUT2D eigenvalue weighted by molar-refractivity contribution is -0.131. The third-order valence-electron chi connectivity index (χ3n) is 9.05. The quantitative estimate of drug-likeness (QED) is 0.0594. The summed E-state index contributed by atoms with van der Waals surface area (Å²) in [5.74, 6) is -0.191. The van der Waals surface area contributed by atoms with Crippen LogP contribution in [0.5, 0.6) is 5.75 Å². The molecule has 0 unspecified atom stereocenters. The van der Waals surface area contributed by atoms with Crippen LogP contribution < -0.4 is 4.74 Å². The van der Waals surface area contributed by atoms with Crippen molar-refractivity contribution in [3.63, 3.8) is 0 Å². The highest BCUT2D eigenvalue weighted by molar-refractivity contribution is 5.85. The highest BCUT2D eigenvalue weighted by Gasteiger charge is 1.97. The molecule has 0 aliphatic heterocycles. The normalized spacial score (nSPS) is 12.9. The fraction of sp³-hybridized carbons (Fsp3) is 0.562. The number of hydrogen-bond acceptors (Lipinski definition) is 2. The van der Waals surface area contributed by atoms with Crippen molar-refractivity contribution < 1.29 is 14.6 Å². The van der Waals surface area contributed by atoms with Crippen LogP contribution in [0.15, 0.2) is 100 Å². The van der Waals surface area contributed by atoms with Crippen LogP contribution in [0.1, 0.15) is 177 Å². The van der Waals surface area contributed by atoms with Crippen molar-refractivity contribution in [3.8, 4) is 5.75 Å². The topological polar surface area (TPSA) is 46.5 Å². The Morgan fingerprint density at radius 1 is 0.549 bits per heavy atom. The van der Waals surface area contributed by atoms with E-state index in [1.807, 2.05) is 0 Å². The fourth-order valence-corrected chi connectivity index (χ4v) is 5.64. The lowest BCUT2D eigenvalue weighted by Gasteiger charge is -2.04. The van der Waals surface area contributed by atoms with Gasteiger partial charge in [0.1, 0.15) is 5.75 Å². The molecule has 1 rings (SSSR count). The second-order valence-corrected chi connectivity index (χ2v) is 14.6. The van der Waals surface area contributed by atoms with Crippen LogP contribution >= 0.6 is 0 Å². The van der Waals surface area contributed by atoms with Crippen molar-refractivity contribution in [2.45, 2.75) is 171 Å². The molecule has 1 aromatic carbocycles. The van der Waals surface area contributed by atoms with E-state index < -0.39 is 5.97 Å². The molecule has 3 nitrogen and oxygen atoms in total. The largest absolute Gasteiger partial charge is 0.497 e. The van der Waals surface area contributed by atoms with Crippen LogP contribution in [0.25, 0.3) is 6.08 Å². The number of hydrogen-bond donors (Lipinski definition) is 1. The first-order valence-electron chi connectivity index (χ1n) is 19.9. The van der Waals surface area contributed by atoms with Gasteiger partial charge in [-0.15, -0.1) is 0 Å². The van der Waals surface area contributed by atoms with Crippen molar-refractivity contribution in [1.29, 1.82) is 0 Å². The van der Waals surface area contributed by atoms with Crippen molar-refractivity contribution in [1.82, 2.24) is 0 Å². The van der Waals surface area contributed by atoms with E-state index in [-0.39, 0.29) is 0 Å². The van der Waals surface area contributed by atoms with Gasteiger partial charge in [-0.3, -0.25) is 0 Å². The van der Waals surface area contributed by atoms with Gasteiger partial charge in [0, 0.05) is 6.08 Å². The van der Waals surface area contributed by atoms with E-state index in [4.69, 9.17) is 9.84 Å². The molecule has 0 bridgehead atoms. The van der Waals surface area contributed by atoms with Crippen LogP contribution in [-0.2, 0) is 4.79 Å². The molecule has 0 saturated heterocycles. The van der Waals surface area contributed by atoms with Gasteiger partial charge in [-0.2, -0.15) is 0 Å². The first-order valence-corrected chi connectivity index (χ1v) is 19.9. The highest BCUT2D eigenvalue weighted by Crippen LogP contribution is 2.17. The van der Waals surface area contributed by atoms with Gasteiger partial charge < -0.3 is 9.84 Å². The third-order valence-corrected chi connectivity index (χ3v) is 9.05. The van der Waals surface area contributed by atoms with Crippen LogP contribution in [0.3, 0.4) is 0 Å². The number of benzene rings is 1. The number of methoxy groups -OCH3 is 1. The van der Waals surface area contributed by atoms with Gasteiger partial charge in [0.2, 0.25) is 0 Å². The predicted molar refractivity (Wildman–Crippen MR) is 227 cm³/mol. The maximum Gasteiger partial charge on any atom is 0.328 e. The van der Waals surface area contributed by atoms with Gasteiger partial charge in [-0.25, -0.2) is 4.79 Å². The molecule has 0 aromatic heterocycles. The van der Waals surface area contributed by atoms with Gasteiger partial charge in [-0.05, 0) is 149 Å². The predicted octanol–water partition coefficient (Wildman–Crippen LogP) is 15.5. The third kappa shape index (κ3) is 32.3. The zero-order valence-corrected chi connectivity index (χ0v) is 34.4. The van der Waals surface area contributed by atoms with Gasteiger partial charge in [0.15, 0.2) is 0 Å². The number of carboxylic acids is 1. The maximum atomic E-state index is 10.2. The van der Waals surface area contributed by atoms with Crippen LogP contribution in [0, 0.1) is 0 Å². The smallest absolute Gasteiger partial charge is 0.328 e. The minimum atomic E-state index is -0.948. The van der Waals surface area contributed by atoms with Gasteiger partial charge in [0.05, 0.1) is 7.11 Å². The zero-order chi connectivity index (χ0) is 38.1. The minimum absolute atomic E-state index is 0.757. The lowest BCUT2D eigenvalue weighted by atomic mass is 10.0. The Morgan fingerprint density at radius 2 is 0.941 bits per heavy atom. The summed E-state index contributed by atoms with van der Waals surface area (Å²) in [6.45, 7) is 18.2. The summed E-state index contributed by atoms with van der Waals surface area (Å²) in [6, 6.07) is 7.14. The molecule has 51 heavy (non-hydrogen) atoms. The number of unbranched alkanes of at least 4 members (excludes halogenated alkanes) is 7. The SMILES string of the molecule is CCCCCCCCCC(C)=CCCC(C)=CCCC(C)=CCCC=C(C)CCC=C(C)CCC=C(C)C.COc1ccc(C=CC(=O)O)cc1. The van der Waals surface area contributed by atoms with Crippen LogP contribution in [0.2, 0.25) is 0 Å². The molecule has 1 N–H and O–H groups in total. The molecule has 0 amide bonds. The van der Waals surface area contributed by atoms with Crippen LogP contribution in [0.4, 0.5) is 0 Å². The molecule has 0 atom stereocenters. The van der Waals surface area contributed by atoms with Gasteiger partial charge in [0.25, 0.3) is 0 Å². The summed E-state index contributed by atoms with van der Waals surface area (Å²) in [7, 11) is 1.59. The number of rotatable bonds is 26. The molecule has 0 fully saturated rings. The summed E-state index contributed by atoms with van der Waals surface area (Å²) in [5, 5.41) is 8.36. The van der Waals surface area contributed by atoms with Crippen molar-refractivity contribution in [2.24, 2.45) is 0 Å². The Balaban J connectivity index is 0.00000159. The maximum absolute atomic E-state index is 10.2. The Morgan fingerprint density at radius 3 is 1.35 bits per heavy atom. The van der Waals surface area contributed by atoms with Gasteiger partial charge in [-0.1, -0.05) is 127 Å². The van der Waals surface area contributed by atoms with E-state index in [0.717, 1.165) is 17.4 Å². The van der Waals surface area contributed by atoms with Crippen LogP contribution in [-0.4, -0.2) is 18.2 Å². The van der Waals surface area contributed by atoms with E-state index in [2.05, 4.69) is 91.8 Å². The Kier molecular flexibility index (Phi) is 30.4. The number of carboxylic acid groups (broad SMARTS) is 1. The molecule has 0 aliphatic rings. The summed E-state index contributed by atoms with van der Waals surface area (Å²) in [6.07, 6.45) is 40.3. The fourth-order valence-electron chi connectivity index (χ4n) is 5.64. The first-order chi connectivity index (χ1) is 24.5. The molecule has 3 heteroatoms. The second kappa shape index (κ2) is 32.6. The molecule has 0 radical (unpaired) electrons. The minimum Gasteiger partial charge on any atom is -0.497 e. The molecule has 0 saturated carbocycles. The average molecular weight is 701 g/mol.